The predicted octanol–water partition coefficient (Wildman–Crippen LogP) is 1.73. The number of H-pyrrole nitrogens is 1. The zero-order valence-corrected chi connectivity index (χ0v) is 16.8. The number of halogens is 1. The Balaban J connectivity index is 1.56. The smallest absolute Gasteiger partial charge is 0.268 e. The number of β-amino-alcohol motifs (C(OH)–C–C–N with tert-alkyl or cyclic N) is 2. The first kappa shape index (κ1) is 20.4. The van der Waals surface area contributed by atoms with Gasteiger partial charge in [-0.25, -0.2) is 0 Å². The van der Waals surface area contributed by atoms with E-state index < -0.39 is 24.2 Å². The minimum Gasteiger partial charge on any atom is -0.388 e. The van der Waals surface area contributed by atoms with Gasteiger partial charge in [0.2, 0.25) is 5.91 Å². The van der Waals surface area contributed by atoms with Gasteiger partial charge in [0.15, 0.2) is 0 Å². The molecule has 4 rings (SSSR count). The average molecular weight is 428 g/mol. The summed E-state index contributed by atoms with van der Waals surface area (Å²) in [5, 5.41) is 23.8. The van der Waals surface area contributed by atoms with Gasteiger partial charge in [0.1, 0.15) is 11.7 Å². The van der Waals surface area contributed by atoms with Gasteiger partial charge in [-0.15, -0.1) is 0 Å². The molecule has 0 unspecified atom stereocenters. The lowest BCUT2D eigenvalue weighted by atomic mass is 10.0. The van der Waals surface area contributed by atoms with Crippen molar-refractivity contribution in [3.8, 4) is 0 Å². The number of nitrogens with zero attached hydrogens (tertiary/aromatic N) is 1. The molecule has 3 atom stereocenters. The first-order valence-corrected chi connectivity index (χ1v) is 10.1. The largest absolute Gasteiger partial charge is 0.388 e. The summed E-state index contributed by atoms with van der Waals surface area (Å²) in [6, 6.07) is 15.5. The third-order valence-electron chi connectivity index (χ3n) is 5.28. The van der Waals surface area contributed by atoms with Gasteiger partial charge in [-0.2, -0.15) is 0 Å². The molecule has 0 aliphatic carbocycles. The second-order valence-electron chi connectivity index (χ2n) is 7.51. The number of aromatic amines is 1. The standard InChI is InChI=1S/C22H22ClN3O4/c23-15-6-7-16-14(9-15)10-17(24-16)21(29)25-18(8-13-4-2-1-3-5-13)22(30)26-11-19(27)20(28)12-26/h1-7,9-10,18-20,24,27-28H,8,11-12H2,(H,25,29)/t18-,19-,20+/m0/s1. The van der Waals surface area contributed by atoms with Gasteiger partial charge in [-0.05, 0) is 29.8 Å². The molecule has 1 aliphatic rings. The Hall–Kier alpha value is -2.87. The monoisotopic (exact) mass is 427 g/mol. The number of aliphatic hydroxyl groups is 2. The van der Waals surface area contributed by atoms with Crippen LogP contribution in [0, 0.1) is 0 Å². The topological polar surface area (TPSA) is 106 Å². The number of hydrogen-bond acceptors (Lipinski definition) is 4. The molecule has 30 heavy (non-hydrogen) atoms. The van der Waals surface area contributed by atoms with Crippen molar-refractivity contribution in [3.05, 3.63) is 70.9 Å². The van der Waals surface area contributed by atoms with Crippen LogP contribution in [0.4, 0.5) is 0 Å². The van der Waals surface area contributed by atoms with E-state index in [9.17, 15) is 19.8 Å². The molecule has 1 fully saturated rings. The van der Waals surface area contributed by atoms with E-state index in [-0.39, 0.29) is 19.0 Å². The summed E-state index contributed by atoms with van der Waals surface area (Å²) in [7, 11) is 0. The number of benzene rings is 2. The van der Waals surface area contributed by atoms with Gasteiger partial charge in [0.05, 0.1) is 12.2 Å². The number of amides is 2. The van der Waals surface area contributed by atoms with Crippen LogP contribution in [0.5, 0.6) is 0 Å². The highest BCUT2D eigenvalue weighted by molar-refractivity contribution is 6.31. The van der Waals surface area contributed by atoms with E-state index in [1.54, 1.807) is 24.3 Å². The first-order chi connectivity index (χ1) is 14.4. The summed E-state index contributed by atoms with van der Waals surface area (Å²) in [4.78, 5) is 30.4. The van der Waals surface area contributed by atoms with E-state index in [4.69, 9.17) is 11.6 Å². The zero-order valence-electron chi connectivity index (χ0n) is 16.1. The summed E-state index contributed by atoms with van der Waals surface area (Å²) < 4.78 is 0. The number of aromatic nitrogens is 1. The number of nitrogens with one attached hydrogen (secondary N) is 2. The van der Waals surface area contributed by atoms with Gasteiger partial charge < -0.3 is 25.4 Å². The summed E-state index contributed by atoms with van der Waals surface area (Å²) in [5.41, 5.74) is 1.97. The molecule has 1 aliphatic heterocycles. The lowest BCUT2D eigenvalue weighted by Crippen LogP contribution is -2.49. The Bertz CT molecular complexity index is 1060. The summed E-state index contributed by atoms with van der Waals surface area (Å²) in [6.07, 6.45) is -1.68. The highest BCUT2D eigenvalue weighted by atomic mass is 35.5. The SMILES string of the molecule is O=C(N[C@@H](Cc1ccccc1)C(=O)N1C[C@@H](O)[C@@H](O)C1)c1cc2cc(Cl)ccc2[nH]1. The Kier molecular flexibility index (Phi) is 5.76. The minimum absolute atomic E-state index is 0.0338. The Labute approximate surface area is 178 Å². The van der Waals surface area contributed by atoms with Gasteiger partial charge in [0, 0.05) is 35.4 Å². The fourth-order valence-corrected chi connectivity index (χ4v) is 3.86. The molecule has 156 valence electrons. The predicted molar refractivity (Wildman–Crippen MR) is 113 cm³/mol. The molecule has 0 spiro atoms. The van der Waals surface area contributed by atoms with Crippen LogP contribution in [0.2, 0.25) is 5.02 Å². The lowest BCUT2D eigenvalue weighted by molar-refractivity contribution is -0.132. The maximum atomic E-state index is 13.1. The van der Waals surface area contributed by atoms with Crippen LogP contribution in [-0.2, 0) is 11.2 Å². The summed E-state index contributed by atoms with van der Waals surface area (Å²) in [6.45, 7) is 0.0676. The van der Waals surface area contributed by atoms with Crippen LogP contribution in [0.1, 0.15) is 16.1 Å². The number of likely N-dealkylation sites (tertiary alicyclic amines) is 1. The fourth-order valence-electron chi connectivity index (χ4n) is 3.68. The molecule has 3 aromatic rings. The molecule has 1 aromatic heterocycles. The van der Waals surface area contributed by atoms with Crippen molar-refractivity contribution in [2.45, 2.75) is 24.7 Å². The molecule has 0 saturated carbocycles. The van der Waals surface area contributed by atoms with E-state index >= 15 is 0 Å². The van der Waals surface area contributed by atoms with E-state index in [0.717, 1.165) is 16.5 Å². The van der Waals surface area contributed by atoms with Crippen molar-refractivity contribution >= 4 is 34.3 Å². The second-order valence-corrected chi connectivity index (χ2v) is 7.94. The van der Waals surface area contributed by atoms with Crippen molar-refractivity contribution in [2.75, 3.05) is 13.1 Å². The highest BCUT2D eigenvalue weighted by Gasteiger charge is 2.36. The third kappa shape index (κ3) is 4.33. The van der Waals surface area contributed by atoms with Crippen LogP contribution >= 0.6 is 11.6 Å². The number of fused-ring (bicyclic) bond motifs is 1. The van der Waals surface area contributed by atoms with Crippen molar-refractivity contribution in [3.63, 3.8) is 0 Å². The van der Waals surface area contributed by atoms with Gasteiger partial charge in [0.25, 0.3) is 5.91 Å². The van der Waals surface area contributed by atoms with E-state index in [1.807, 2.05) is 30.3 Å². The maximum Gasteiger partial charge on any atom is 0.268 e. The Morgan fingerprint density at radius 3 is 2.50 bits per heavy atom. The Morgan fingerprint density at radius 1 is 1.10 bits per heavy atom. The normalized spacial score (nSPS) is 19.8. The van der Waals surface area contributed by atoms with Crippen molar-refractivity contribution in [1.82, 2.24) is 15.2 Å². The van der Waals surface area contributed by atoms with E-state index in [2.05, 4.69) is 10.3 Å². The first-order valence-electron chi connectivity index (χ1n) is 9.68. The van der Waals surface area contributed by atoms with Crippen molar-refractivity contribution in [1.29, 1.82) is 0 Å². The van der Waals surface area contributed by atoms with Crippen LogP contribution in [-0.4, -0.2) is 63.3 Å². The molecule has 0 radical (unpaired) electrons. The molecule has 8 heteroatoms. The molecule has 2 amide bonds. The molecule has 1 saturated heterocycles. The molecule has 4 N–H and O–H groups in total. The quantitative estimate of drug-likeness (QED) is 0.497. The van der Waals surface area contributed by atoms with E-state index in [0.29, 0.717) is 17.1 Å². The van der Waals surface area contributed by atoms with E-state index in [1.165, 1.54) is 4.90 Å². The van der Waals surface area contributed by atoms with Gasteiger partial charge >= 0.3 is 0 Å². The van der Waals surface area contributed by atoms with Crippen molar-refractivity contribution in [2.24, 2.45) is 0 Å². The molecular weight excluding hydrogens is 406 g/mol. The summed E-state index contributed by atoms with van der Waals surface area (Å²) >= 11 is 6.01. The number of rotatable bonds is 5. The number of hydrogen-bond donors (Lipinski definition) is 4. The molecule has 2 heterocycles. The lowest BCUT2D eigenvalue weighted by Gasteiger charge is -2.24. The van der Waals surface area contributed by atoms with Crippen molar-refractivity contribution < 1.29 is 19.8 Å². The molecule has 7 nitrogen and oxygen atoms in total. The van der Waals surface area contributed by atoms with Gasteiger partial charge in [-0.1, -0.05) is 41.9 Å². The number of carbonyl (C=O) groups is 2. The second kappa shape index (κ2) is 8.47. The Morgan fingerprint density at radius 2 is 1.80 bits per heavy atom. The maximum absolute atomic E-state index is 13.1. The molecular formula is C22H22ClN3O4. The number of carbonyl (C=O) groups excluding carboxylic acids is 2. The van der Waals surface area contributed by atoms with Crippen LogP contribution in [0.15, 0.2) is 54.6 Å². The van der Waals surface area contributed by atoms with Crippen LogP contribution in [0.25, 0.3) is 10.9 Å². The molecule has 2 aromatic carbocycles. The van der Waals surface area contributed by atoms with Crippen LogP contribution < -0.4 is 5.32 Å². The van der Waals surface area contributed by atoms with Crippen LogP contribution in [0.3, 0.4) is 0 Å². The summed E-state index contributed by atoms with van der Waals surface area (Å²) in [5.74, 6) is -0.765. The average Bonchev–Trinajstić information content (AvgIpc) is 3.30. The third-order valence-corrected chi connectivity index (χ3v) is 5.52. The fraction of sp³-hybridized carbons (Fsp3) is 0.273. The van der Waals surface area contributed by atoms with Gasteiger partial charge in [-0.3, -0.25) is 9.59 Å². The number of aliphatic hydroxyl groups excluding tert-OH is 2. The molecule has 0 bridgehead atoms. The minimum atomic E-state index is -0.986. The zero-order chi connectivity index (χ0) is 21.3. The highest BCUT2D eigenvalue weighted by Crippen LogP contribution is 2.20.